The van der Waals surface area contributed by atoms with Gasteiger partial charge >= 0.3 is 0 Å². The molecule has 0 saturated carbocycles. The number of benzene rings is 3. The molecule has 2 heterocycles. The Bertz CT molecular complexity index is 1560. The summed E-state index contributed by atoms with van der Waals surface area (Å²) in [4.78, 5) is 26.0. The van der Waals surface area contributed by atoms with E-state index >= 15 is 0 Å². The van der Waals surface area contributed by atoms with Crippen molar-refractivity contribution in [1.82, 2.24) is 5.32 Å². The molecule has 1 aliphatic heterocycles. The Labute approximate surface area is 244 Å². The molecule has 1 aliphatic rings. The van der Waals surface area contributed by atoms with E-state index in [1.165, 1.54) is 0 Å². The Morgan fingerprint density at radius 2 is 1.76 bits per heavy atom. The Kier molecular flexibility index (Phi) is 9.21. The van der Waals surface area contributed by atoms with Crippen LogP contribution in [0.4, 0.5) is 11.4 Å². The van der Waals surface area contributed by atoms with Gasteiger partial charge < -0.3 is 35.4 Å². The number of anilines is 2. The van der Waals surface area contributed by atoms with E-state index in [1.54, 1.807) is 54.8 Å². The average Bonchev–Trinajstić information content (AvgIpc) is 3.44. The van der Waals surface area contributed by atoms with E-state index in [0.29, 0.717) is 36.4 Å². The van der Waals surface area contributed by atoms with Gasteiger partial charge in [0.15, 0.2) is 5.76 Å². The van der Waals surface area contributed by atoms with Crippen molar-refractivity contribution in [2.75, 3.05) is 24.3 Å². The van der Waals surface area contributed by atoms with Gasteiger partial charge in [0.2, 0.25) is 6.29 Å². The van der Waals surface area contributed by atoms with Crippen molar-refractivity contribution in [2.45, 2.75) is 38.5 Å². The first kappa shape index (κ1) is 28.9. The molecule has 218 valence electrons. The van der Waals surface area contributed by atoms with Gasteiger partial charge in [0.25, 0.3) is 11.8 Å². The molecule has 5 rings (SSSR count). The number of hydrogen-bond acceptors (Lipinski definition) is 7. The highest BCUT2D eigenvalue weighted by atomic mass is 16.7. The topological polar surface area (TPSA) is 136 Å². The molecule has 1 aromatic heterocycles. The lowest BCUT2D eigenvalue weighted by Gasteiger charge is -2.36. The fourth-order valence-corrected chi connectivity index (χ4v) is 5.23. The van der Waals surface area contributed by atoms with Crippen LogP contribution in [0.15, 0.2) is 95.3 Å². The van der Waals surface area contributed by atoms with Crippen LogP contribution in [0.2, 0.25) is 0 Å². The number of nitrogen functional groups attached to an aromatic ring is 1. The standard InChI is InChI=1S/C33H35N3O6/c1-2-40-33-24(9-7-17-37)25(26-20-41-29-12-6-3-8-23(26)29)18-30(42-33)32(39)35-19-21-13-15-22(16-14-21)31(38)36-28-11-5-4-10-27(28)34/h3-6,8,10-16,18,20,24-25,33,37H,2,7,9,17,19,34H2,1H3,(H,35,39)(H,36,38)/t24-,25-,33+/m1/s1. The molecule has 9 nitrogen and oxygen atoms in total. The van der Waals surface area contributed by atoms with Gasteiger partial charge in [-0.1, -0.05) is 42.5 Å². The van der Waals surface area contributed by atoms with E-state index in [1.807, 2.05) is 37.3 Å². The van der Waals surface area contributed by atoms with Crippen molar-refractivity contribution in [3.05, 3.63) is 108 Å². The number of nitrogens with one attached hydrogen (secondary N) is 2. The number of aliphatic hydroxyl groups excluding tert-OH is 1. The highest BCUT2D eigenvalue weighted by molar-refractivity contribution is 6.05. The molecule has 2 amide bonds. The number of para-hydroxylation sites is 3. The van der Waals surface area contributed by atoms with Gasteiger partial charge in [0, 0.05) is 48.1 Å². The normalized spacial score (nSPS) is 18.2. The van der Waals surface area contributed by atoms with Gasteiger partial charge in [-0.3, -0.25) is 9.59 Å². The fraction of sp³-hybridized carbons (Fsp3) is 0.273. The van der Waals surface area contributed by atoms with E-state index in [0.717, 1.165) is 22.1 Å². The average molecular weight is 570 g/mol. The van der Waals surface area contributed by atoms with Crippen LogP contribution in [-0.4, -0.2) is 36.4 Å². The summed E-state index contributed by atoms with van der Waals surface area (Å²) in [6.07, 6.45) is 4.11. The molecule has 4 aromatic rings. The number of fused-ring (bicyclic) bond motifs is 1. The number of hydrogen-bond donors (Lipinski definition) is 4. The fourth-order valence-electron chi connectivity index (χ4n) is 5.23. The van der Waals surface area contributed by atoms with Gasteiger partial charge in [-0.15, -0.1) is 0 Å². The lowest BCUT2D eigenvalue weighted by Crippen LogP contribution is -2.38. The second-order valence-electron chi connectivity index (χ2n) is 10.1. The van der Waals surface area contributed by atoms with Gasteiger partial charge in [-0.2, -0.15) is 0 Å². The molecule has 0 fully saturated rings. The Hall–Kier alpha value is -4.60. The Morgan fingerprint density at radius 3 is 2.52 bits per heavy atom. The van der Waals surface area contributed by atoms with E-state index in [-0.39, 0.29) is 42.6 Å². The molecule has 0 radical (unpaired) electrons. The van der Waals surface area contributed by atoms with Crippen molar-refractivity contribution in [2.24, 2.45) is 5.92 Å². The summed E-state index contributed by atoms with van der Waals surface area (Å²) < 4.78 is 17.9. The molecule has 9 heteroatoms. The molecule has 0 bridgehead atoms. The maximum Gasteiger partial charge on any atom is 0.286 e. The van der Waals surface area contributed by atoms with E-state index in [4.69, 9.17) is 19.6 Å². The Balaban J connectivity index is 1.31. The molecule has 3 aromatic carbocycles. The molecule has 0 aliphatic carbocycles. The number of aliphatic hydroxyl groups is 1. The molecule has 0 unspecified atom stereocenters. The number of furan rings is 1. The molecule has 3 atom stereocenters. The number of carbonyl (C=O) groups excluding carboxylic acids is 2. The second-order valence-corrected chi connectivity index (χ2v) is 10.1. The van der Waals surface area contributed by atoms with E-state index in [2.05, 4.69) is 10.6 Å². The summed E-state index contributed by atoms with van der Waals surface area (Å²) in [6, 6.07) is 21.8. The van der Waals surface area contributed by atoms with E-state index < -0.39 is 6.29 Å². The zero-order chi connectivity index (χ0) is 29.5. The number of carbonyl (C=O) groups is 2. The first-order valence-corrected chi connectivity index (χ1v) is 14.1. The smallest absolute Gasteiger partial charge is 0.286 e. The first-order chi connectivity index (χ1) is 20.5. The van der Waals surface area contributed by atoms with Crippen LogP contribution in [0, 0.1) is 5.92 Å². The molecule has 5 N–H and O–H groups in total. The lowest BCUT2D eigenvalue weighted by molar-refractivity contribution is -0.166. The third kappa shape index (κ3) is 6.48. The minimum atomic E-state index is -0.664. The van der Waals surface area contributed by atoms with Crippen molar-refractivity contribution in [3.63, 3.8) is 0 Å². The van der Waals surface area contributed by atoms with Crippen LogP contribution in [0.3, 0.4) is 0 Å². The van der Waals surface area contributed by atoms with Gasteiger partial charge in [0.1, 0.15) is 5.58 Å². The summed E-state index contributed by atoms with van der Waals surface area (Å²) in [5, 5.41) is 16.2. The van der Waals surface area contributed by atoms with Crippen LogP contribution in [-0.2, 0) is 20.8 Å². The third-order valence-corrected chi connectivity index (χ3v) is 7.38. The lowest BCUT2D eigenvalue weighted by atomic mass is 9.80. The second kappa shape index (κ2) is 13.4. The predicted molar refractivity (Wildman–Crippen MR) is 160 cm³/mol. The molecule has 42 heavy (non-hydrogen) atoms. The number of ether oxygens (including phenoxy) is 2. The summed E-state index contributed by atoms with van der Waals surface area (Å²) in [6.45, 7) is 2.57. The summed E-state index contributed by atoms with van der Waals surface area (Å²) >= 11 is 0. The van der Waals surface area contributed by atoms with Crippen LogP contribution in [0.1, 0.15) is 47.2 Å². The van der Waals surface area contributed by atoms with Crippen LogP contribution >= 0.6 is 0 Å². The largest absolute Gasteiger partial charge is 0.464 e. The maximum absolute atomic E-state index is 13.3. The zero-order valence-corrected chi connectivity index (χ0v) is 23.4. The van der Waals surface area contributed by atoms with Crippen molar-refractivity contribution in [1.29, 1.82) is 0 Å². The van der Waals surface area contributed by atoms with Crippen LogP contribution in [0.25, 0.3) is 11.0 Å². The maximum atomic E-state index is 13.3. The monoisotopic (exact) mass is 569 g/mol. The quantitative estimate of drug-likeness (QED) is 0.179. The van der Waals surface area contributed by atoms with Gasteiger partial charge in [0.05, 0.1) is 17.6 Å². The minimum Gasteiger partial charge on any atom is -0.464 e. The molecular formula is C33H35N3O6. The van der Waals surface area contributed by atoms with E-state index in [9.17, 15) is 14.7 Å². The highest BCUT2D eigenvalue weighted by Crippen LogP contribution is 2.42. The number of allylic oxidation sites excluding steroid dienone is 1. The summed E-state index contributed by atoms with van der Waals surface area (Å²) in [5.74, 6) is -0.832. The predicted octanol–water partition coefficient (Wildman–Crippen LogP) is 5.33. The Morgan fingerprint density at radius 1 is 1.00 bits per heavy atom. The molecule has 0 spiro atoms. The minimum absolute atomic E-state index is 0.0476. The van der Waals surface area contributed by atoms with Crippen LogP contribution in [0.5, 0.6) is 0 Å². The van der Waals surface area contributed by atoms with Gasteiger partial charge in [-0.25, -0.2) is 0 Å². The number of nitrogens with two attached hydrogens (primary N) is 1. The SMILES string of the molecule is CCO[C@H]1OC(C(=O)NCc2ccc(C(=O)Nc3ccccc3N)cc2)=C[C@@H](c2coc3ccccc23)[C@H]1CCCO. The van der Waals surface area contributed by atoms with Crippen molar-refractivity contribution < 1.29 is 28.6 Å². The molecule has 0 saturated heterocycles. The summed E-state index contributed by atoms with van der Waals surface area (Å²) in [7, 11) is 0. The summed E-state index contributed by atoms with van der Waals surface area (Å²) in [5.41, 5.74) is 9.94. The van der Waals surface area contributed by atoms with Crippen molar-refractivity contribution in [3.8, 4) is 0 Å². The number of amides is 2. The zero-order valence-electron chi connectivity index (χ0n) is 23.4. The molecular weight excluding hydrogens is 534 g/mol. The third-order valence-electron chi connectivity index (χ3n) is 7.38. The first-order valence-electron chi connectivity index (χ1n) is 14.1. The van der Waals surface area contributed by atoms with Gasteiger partial charge in [-0.05, 0) is 61.7 Å². The van der Waals surface area contributed by atoms with Crippen LogP contribution < -0.4 is 16.4 Å². The highest BCUT2D eigenvalue weighted by Gasteiger charge is 2.39. The van der Waals surface area contributed by atoms with Crippen molar-refractivity contribution >= 4 is 34.2 Å². The number of rotatable bonds is 11.